The molecule has 0 unspecified atom stereocenters. The molecule has 10 nitrogen and oxygen atoms in total. The summed E-state index contributed by atoms with van der Waals surface area (Å²) in [5, 5.41) is 10.5. The largest absolute Gasteiger partial charge is 1.00 e. The molecule has 0 spiro atoms. The average molecular weight is 445 g/mol. The Kier molecular flexibility index (Phi) is 5.24. The predicted octanol–water partition coefficient (Wildman–Crippen LogP) is -1.31. The molecule has 0 fully saturated rings. The Morgan fingerprint density at radius 3 is 2.10 bits per heavy atom. The molecule has 1 aliphatic heterocycles. The van der Waals surface area contributed by atoms with Crippen molar-refractivity contribution in [1.29, 1.82) is 0 Å². The first-order chi connectivity index (χ1) is 13.0. The second-order valence-electron chi connectivity index (χ2n) is 5.97. The number of aliphatic imine (C=N–C) groups is 1. The summed E-state index contributed by atoms with van der Waals surface area (Å²) in [6.07, 6.45) is 0. The van der Waals surface area contributed by atoms with Gasteiger partial charge >= 0.3 is 29.6 Å². The van der Waals surface area contributed by atoms with Crippen molar-refractivity contribution >= 4 is 48.3 Å². The molecule has 13 heteroatoms. The molecule has 3 aromatic rings. The van der Waals surface area contributed by atoms with Crippen LogP contribution >= 0.6 is 0 Å². The number of aromatic nitrogens is 1. The number of aromatic hydroxyl groups is 1. The average Bonchev–Trinajstić information content (AvgIpc) is 3.10. The number of ketones is 1. The van der Waals surface area contributed by atoms with Gasteiger partial charge < -0.3 is 10.1 Å². The number of nitrogens with zero attached hydrogens (tertiary/aromatic N) is 1. The quantitative estimate of drug-likeness (QED) is 0.284. The zero-order valence-corrected chi connectivity index (χ0v) is 18.2. The van der Waals surface area contributed by atoms with E-state index in [0.717, 1.165) is 24.3 Å². The molecule has 4 N–H and O–H groups in total. The van der Waals surface area contributed by atoms with Crippen molar-refractivity contribution < 1.29 is 65.4 Å². The fraction of sp³-hybridized carbons (Fsp3) is 0. The van der Waals surface area contributed by atoms with Crippen LogP contribution in [0.2, 0.25) is 0 Å². The Morgan fingerprint density at radius 2 is 1.48 bits per heavy atom. The van der Waals surface area contributed by atoms with Gasteiger partial charge in [0.05, 0.1) is 21.0 Å². The van der Waals surface area contributed by atoms with Crippen molar-refractivity contribution in [2.45, 2.75) is 9.79 Å². The van der Waals surface area contributed by atoms with Crippen LogP contribution in [0.15, 0.2) is 51.2 Å². The number of rotatable bonds is 3. The zero-order chi connectivity index (χ0) is 20.4. The number of fused-ring (bicyclic) bond motifs is 2. The summed E-state index contributed by atoms with van der Waals surface area (Å²) < 4.78 is 63.4. The van der Waals surface area contributed by atoms with Crippen LogP contribution in [0.3, 0.4) is 0 Å². The van der Waals surface area contributed by atoms with Crippen molar-refractivity contribution in [3.05, 3.63) is 47.7 Å². The van der Waals surface area contributed by atoms with Gasteiger partial charge in [0.25, 0.3) is 20.2 Å². The fourth-order valence-corrected chi connectivity index (χ4v) is 3.93. The molecule has 0 atom stereocenters. The molecule has 1 aliphatic rings. The van der Waals surface area contributed by atoms with Gasteiger partial charge in [-0.1, -0.05) is 0 Å². The monoisotopic (exact) mass is 445 g/mol. The first-order valence-electron chi connectivity index (χ1n) is 7.54. The van der Waals surface area contributed by atoms with Crippen LogP contribution in [0.4, 0.5) is 5.69 Å². The molecule has 4 rings (SSSR count). The van der Waals surface area contributed by atoms with Crippen molar-refractivity contribution in [3.8, 4) is 5.75 Å². The number of hydrogen-bond donors (Lipinski definition) is 4. The van der Waals surface area contributed by atoms with E-state index in [2.05, 4.69) is 9.98 Å². The number of nitrogens with one attached hydrogen (secondary N) is 1. The SMILES string of the molecule is O=C1C(c2[nH]c3ccc(S(=O)(=O)O)cc3c2O)=Nc2ccc(S(=O)(=O)O)cc21.[Na+]. The van der Waals surface area contributed by atoms with E-state index >= 15 is 0 Å². The summed E-state index contributed by atoms with van der Waals surface area (Å²) in [6, 6.07) is 6.73. The Labute approximate surface area is 186 Å². The van der Waals surface area contributed by atoms with Crippen molar-refractivity contribution in [2.75, 3.05) is 0 Å². The summed E-state index contributed by atoms with van der Waals surface area (Å²) in [5.74, 6) is -1.16. The minimum atomic E-state index is -4.52. The van der Waals surface area contributed by atoms with Crippen molar-refractivity contribution in [1.82, 2.24) is 4.98 Å². The third-order valence-corrected chi connectivity index (χ3v) is 5.93. The summed E-state index contributed by atoms with van der Waals surface area (Å²) in [6.45, 7) is 0. The molecule has 2 aromatic carbocycles. The molecular weight excluding hydrogens is 435 g/mol. The van der Waals surface area contributed by atoms with Gasteiger partial charge in [-0.25, -0.2) is 4.99 Å². The van der Waals surface area contributed by atoms with Crippen LogP contribution in [0.5, 0.6) is 5.75 Å². The van der Waals surface area contributed by atoms with Gasteiger partial charge in [-0.2, -0.15) is 16.8 Å². The summed E-state index contributed by atoms with van der Waals surface area (Å²) in [4.78, 5) is 18.6. The van der Waals surface area contributed by atoms with Gasteiger partial charge in [0.15, 0.2) is 5.75 Å². The standard InChI is InChI=1S/C16H10N2O8S2.Na/c19-15-9-5-7(27(21,22)23)1-3-11(9)17-13(15)14-16(20)10-6-8(28(24,25)26)2-4-12(10)18-14;/h1-6,17,19H,(H,21,22,23)(H,24,25,26);/q;+1. The molecule has 0 amide bonds. The van der Waals surface area contributed by atoms with Gasteiger partial charge in [-0.15, -0.1) is 0 Å². The Balaban J connectivity index is 0.00000240. The van der Waals surface area contributed by atoms with Crippen molar-refractivity contribution in [3.63, 3.8) is 0 Å². The van der Waals surface area contributed by atoms with E-state index in [1.165, 1.54) is 12.1 Å². The van der Waals surface area contributed by atoms with E-state index < -0.39 is 41.6 Å². The molecule has 29 heavy (non-hydrogen) atoms. The third-order valence-electron chi connectivity index (χ3n) is 4.24. The predicted molar refractivity (Wildman–Crippen MR) is 96.6 cm³/mol. The van der Waals surface area contributed by atoms with E-state index in [0.29, 0.717) is 0 Å². The van der Waals surface area contributed by atoms with Gasteiger partial charge in [-0.05, 0) is 36.4 Å². The van der Waals surface area contributed by atoms with E-state index in [1.807, 2.05) is 0 Å². The summed E-state index contributed by atoms with van der Waals surface area (Å²) in [5.41, 5.74) is 0.0255. The van der Waals surface area contributed by atoms with Crippen molar-refractivity contribution in [2.24, 2.45) is 4.99 Å². The Bertz CT molecular complexity index is 1440. The smallest absolute Gasteiger partial charge is 0.505 e. The molecular formula is C16H10N2NaO8S2+. The van der Waals surface area contributed by atoms with Gasteiger partial charge in [0.2, 0.25) is 5.78 Å². The second kappa shape index (κ2) is 7.02. The first-order valence-corrected chi connectivity index (χ1v) is 10.4. The Hall–Kier alpha value is -2.06. The number of benzene rings is 2. The molecule has 0 aliphatic carbocycles. The Morgan fingerprint density at radius 1 is 0.897 bits per heavy atom. The van der Waals surface area contributed by atoms with Crippen LogP contribution in [0.25, 0.3) is 10.9 Å². The first kappa shape index (κ1) is 21.6. The minimum Gasteiger partial charge on any atom is -0.505 e. The number of Topliss-reactive ketones (excluding diaryl/α,β-unsaturated/α-hetero) is 1. The number of H-pyrrole nitrogens is 1. The third kappa shape index (κ3) is 3.64. The molecule has 0 bridgehead atoms. The van der Waals surface area contributed by atoms with Gasteiger partial charge in [0.1, 0.15) is 11.4 Å². The van der Waals surface area contributed by atoms with Crippen LogP contribution < -0.4 is 29.6 Å². The molecule has 0 saturated carbocycles. The summed E-state index contributed by atoms with van der Waals surface area (Å²) >= 11 is 0. The maximum atomic E-state index is 12.7. The van der Waals surface area contributed by atoms with E-state index in [-0.39, 0.29) is 63.1 Å². The molecule has 0 radical (unpaired) electrons. The minimum absolute atomic E-state index is 0. The summed E-state index contributed by atoms with van der Waals surface area (Å²) in [7, 11) is -9.02. The fourth-order valence-electron chi connectivity index (χ4n) is 2.91. The van der Waals surface area contributed by atoms with Crippen LogP contribution in [-0.4, -0.2) is 47.5 Å². The topological polar surface area (TPSA) is 174 Å². The van der Waals surface area contributed by atoms with Crippen LogP contribution in [0.1, 0.15) is 16.1 Å². The van der Waals surface area contributed by atoms with Crippen LogP contribution in [0, 0.1) is 0 Å². The van der Waals surface area contributed by atoms with E-state index in [9.17, 15) is 26.7 Å². The number of aromatic amines is 1. The zero-order valence-electron chi connectivity index (χ0n) is 14.6. The molecule has 0 saturated heterocycles. The van der Waals surface area contributed by atoms with Gasteiger partial charge in [0, 0.05) is 10.9 Å². The van der Waals surface area contributed by atoms with Crippen LogP contribution in [-0.2, 0) is 20.2 Å². The number of carbonyl (C=O) groups excluding carboxylic acids is 1. The van der Waals surface area contributed by atoms with E-state index in [1.54, 1.807) is 0 Å². The van der Waals surface area contributed by atoms with Gasteiger partial charge in [-0.3, -0.25) is 13.9 Å². The second-order valence-corrected chi connectivity index (χ2v) is 8.82. The van der Waals surface area contributed by atoms with E-state index in [4.69, 9.17) is 9.11 Å². The molecule has 1 aromatic heterocycles. The molecule has 144 valence electrons. The number of carbonyl (C=O) groups is 1. The molecule has 2 heterocycles. The maximum Gasteiger partial charge on any atom is 1.00 e. The normalized spacial score (nSPS) is 13.9. The number of hydrogen-bond acceptors (Lipinski definition) is 7. The maximum absolute atomic E-state index is 12.7.